The Labute approximate surface area is 89.1 Å². The first-order valence-corrected chi connectivity index (χ1v) is 5.24. The summed E-state index contributed by atoms with van der Waals surface area (Å²) in [5, 5.41) is 3.19. The molecule has 0 radical (unpaired) electrons. The first-order valence-electron chi connectivity index (χ1n) is 5.24. The van der Waals surface area contributed by atoms with Crippen LogP contribution in [0.2, 0.25) is 0 Å². The molecule has 1 fully saturated rings. The summed E-state index contributed by atoms with van der Waals surface area (Å²) in [6, 6.07) is 0. The number of rotatable bonds is 4. The second-order valence-electron chi connectivity index (χ2n) is 3.74. The Morgan fingerprint density at radius 3 is 3.07 bits per heavy atom. The highest BCUT2D eigenvalue weighted by molar-refractivity contribution is 5.54. The molecule has 2 heterocycles. The van der Waals surface area contributed by atoms with Crippen LogP contribution in [0.15, 0.2) is 12.4 Å². The molecule has 1 aliphatic heterocycles. The quantitative estimate of drug-likeness (QED) is 0.769. The minimum absolute atomic E-state index is 0.458. The lowest BCUT2D eigenvalue weighted by Crippen LogP contribution is -2.11. The summed E-state index contributed by atoms with van der Waals surface area (Å²) in [4.78, 5) is 8.07. The number of hydrogen-bond acceptors (Lipinski definition) is 5. The summed E-state index contributed by atoms with van der Waals surface area (Å²) in [5.41, 5.74) is 5.65. The summed E-state index contributed by atoms with van der Waals surface area (Å²) in [5.74, 6) is 1.81. The minimum atomic E-state index is 0.458. The molecule has 82 valence electrons. The van der Waals surface area contributed by atoms with Gasteiger partial charge in [0, 0.05) is 32.2 Å². The number of aromatic nitrogens is 2. The van der Waals surface area contributed by atoms with Gasteiger partial charge < -0.3 is 15.8 Å². The van der Waals surface area contributed by atoms with Crippen molar-refractivity contribution in [1.82, 2.24) is 9.97 Å². The number of ether oxygens (including phenoxy) is 1. The summed E-state index contributed by atoms with van der Waals surface area (Å²) in [6.45, 7) is 2.66. The van der Waals surface area contributed by atoms with Crippen molar-refractivity contribution < 1.29 is 4.74 Å². The molecule has 1 atom stereocenters. The summed E-state index contributed by atoms with van der Waals surface area (Å²) in [7, 11) is 0. The Morgan fingerprint density at radius 1 is 1.47 bits per heavy atom. The van der Waals surface area contributed by atoms with E-state index in [2.05, 4.69) is 15.3 Å². The normalized spacial score (nSPS) is 20.4. The van der Waals surface area contributed by atoms with Crippen LogP contribution in [-0.2, 0) is 4.74 Å². The molecule has 0 spiro atoms. The van der Waals surface area contributed by atoms with Gasteiger partial charge in [-0.15, -0.1) is 0 Å². The molecule has 15 heavy (non-hydrogen) atoms. The van der Waals surface area contributed by atoms with Gasteiger partial charge in [0.15, 0.2) is 11.6 Å². The van der Waals surface area contributed by atoms with Gasteiger partial charge in [-0.3, -0.25) is 0 Å². The molecule has 0 saturated carbocycles. The molecule has 0 aromatic carbocycles. The van der Waals surface area contributed by atoms with Crippen LogP contribution in [-0.4, -0.2) is 29.7 Å². The highest BCUT2D eigenvalue weighted by Gasteiger charge is 2.14. The Balaban J connectivity index is 1.75. The van der Waals surface area contributed by atoms with Crippen LogP contribution >= 0.6 is 0 Å². The second kappa shape index (κ2) is 4.93. The highest BCUT2D eigenvalue weighted by Crippen LogP contribution is 2.17. The maximum Gasteiger partial charge on any atom is 0.168 e. The summed E-state index contributed by atoms with van der Waals surface area (Å²) < 4.78 is 5.30. The van der Waals surface area contributed by atoms with Gasteiger partial charge in [0.25, 0.3) is 0 Å². The van der Waals surface area contributed by atoms with E-state index in [0.29, 0.717) is 17.6 Å². The molecule has 1 saturated heterocycles. The molecule has 0 aliphatic carbocycles. The van der Waals surface area contributed by atoms with Crippen LogP contribution in [0.3, 0.4) is 0 Å². The average Bonchev–Trinajstić information content (AvgIpc) is 2.74. The van der Waals surface area contributed by atoms with Crippen LogP contribution in [0.1, 0.15) is 12.8 Å². The van der Waals surface area contributed by atoms with Gasteiger partial charge in [0.05, 0.1) is 0 Å². The first kappa shape index (κ1) is 10.2. The predicted octanol–water partition coefficient (Wildman–Crippen LogP) is 0.897. The maximum absolute atomic E-state index is 5.65. The van der Waals surface area contributed by atoms with Crippen LogP contribution < -0.4 is 11.1 Å². The fourth-order valence-corrected chi connectivity index (χ4v) is 1.69. The van der Waals surface area contributed by atoms with Gasteiger partial charge in [-0.1, -0.05) is 0 Å². The summed E-state index contributed by atoms with van der Waals surface area (Å²) in [6.07, 6.45) is 5.48. The van der Waals surface area contributed by atoms with E-state index < -0.39 is 0 Å². The number of nitrogen functional groups attached to an aromatic ring is 1. The molecular weight excluding hydrogens is 192 g/mol. The molecule has 5 nitrogen and oxygen atoms in total. The van der Waals surface area contributed by atoms with Crippen LogP contribution in [0.4, 0.5) is 11.6 Å². The lowest BCUT2D eigenvalue weighted by atomic mass is 10.1. The minimum Gasteiger partial charge on any atom is -0.381 e. The zero-order valence-corrected chi connectivity index (χ0v) is 8.65. The Morgan fingerprint density at radius 2 is 2.33 bits per heavy atom. The first-order chi connectivity index (χ1) is 7.36. The third kappa shape index (κ3) is 2.79. The van der Waals surface area contributed by atoms with Crippen molar-refractivity contribution in [3.8, 4) is 0 Å². The van der Waals surface area contributed by atoms with E-state index in [1.165, 1.54) is 0 Å². The Bertz CT molecular complexity index is 312. The van der Waals surface area contributed by atoms with E-state index in [-0.39, 0.29) is 0 Å². The molecule has 0 bridgehead atoms. The van der Waals surface area contributed by atoms with Crippen molar-refractivity contribution in [2.45, 2.75) is 12.8 Å². The third-order valence-electron chi connectivity index (χ3n) is 2.60. The second-order valence-corrected chi connectivity index (χ2v) is 3.74. The predicted molar refractivity (Wildman–Crippen MR) is 58.5 cm³/mol. The van der Waals surface area contributed by atoms with E-state index in [9.17, 15) is 0 Å². The van der Waals surface area contributed by atoms with Crippen LogP contribution in [0.25, 0.3) is 0 Å². The molecule has 5 heteroatoms. The lowest BCUT2D eigenvalue weighted by Gasteiger charge is -2.09. The monoisotopic (exact) mass is 208 g/mol. The van der Waals surface area contributed by atoms with Crippen molar-refractivity contribution in [2.75, 3.05) is 30.8 Å². The molecule has 1 aliphatic rings. The number of nitrogens with one attached hydrogen (secondary N) is 1. The number of nitrogens with two attached hydrogens (primary N) is 1. The van der Waals surface area contributed by atoms with Gasteiger partial charge in [-0.05, 0) is 18.8 Å². The molecule has 3 N–H and O–H groups in total. The van der Waals surface area contributed by atoms with E-state index in [4.69, 9.17) is 10.5 Å². The van der Waals surface area contributed by atoms with Crippen molar-refractivity contribution in [3.63, 3.8) is 0 Å². The average molecular weight is 208 g/mol. The van der Waals surface area contributed by atoms with E-state index in [0.717, 1.165) is 32.6 Å². The molecular formula is C10H16N4O. The van der Waals surface area contributed by atoms with E-state index in [1.54, 1.807) is 12.4 Å². The fraction of sp³-hybridized carbons (Fsp3) is 0.600. The Kier molecular flexibility index (Phi) is 3.34. The van der Waals surface area contributed by atoms with Crippen molar-refractivity contribution in [3.05, 3.63) is 12.4 Å². The number of nitrogens with zero attached hydrogens (tertiary/aromatic N) is 2. The van der Waals surface area contributed by atoms with Crippen LogP contribution in [0.5, 0.6) is 0 Å². The standard InChI is InChI=1S/C10H16N4O/c11-9-10(14-5-4-12-9)13-3-1-8-2-6-15-7-8/h4-5,8H,1-3,6-7H2,(H2,11,12)(H,13,14). The smallest absolute Gasteiger partial charge is 0.168 e. The number of hydrogen-bond donors (Lipinski definition) is 2. The van der Waals surface area contributed by atoms with Crippen LogP contribution in [0, 0.1) is 5.92 Å². The van der Waals surface area contributed by atoms with Crippen molar-refractivity contribution in [1.29, 1.82) is 0 Å². The Hall–Kier alpha value is -1.36. The topological polar surface area (TPSA) is 73.1 Å². The molecule has 0 amide bonds. The SMILES string of the molecule is Nc1nccnc1NCCC1CCOC1. The largest absolute Gasteiger partial charge is 0.381 e. The zero-order chi connectivity index (χ0) is 10.5. The molecule has 2 rings (SSSR count). The highest BCUT2D eigenvalue weighted by atomic mass is 16.5. The van der Waals surface area contributed by atoms with Gasteiger partial charge in [-0.25, -0.2) is 9.97 Å². The fourth-order valence-electron chi connectivity index (χ4n) is 1.69. The zero-order valence-electron chi connectivity index (χ0n) is 8.65. The van der Waals surface area contributed by atoms with Crippen molar-refractivity contribution in [2.24, 2.45) is 5.92 Å². The number of anilines is 2. The van der Waals surface area contributed by atoms with Crippen molar-refractivity contribution >= 4 is 11.6 Å². The van der Waals surface area contributed by atoms with Gasteiger partial charge >= 0.3 is 0 Å². The third-order valence-corrected chi connectivity index (χ3v) is 2.60. The molecule has 1 aromatic heterocycles. The molecule has 1 aromatic rings. The van der Waals surface area contributed by atoms with Gasteiger partial charge in [0.2, 0.25) is 0 Å². The maximum atomic E-state index is 5.65. The van der Waals surface area contributed by atoms with E-state index in [1.807, 2.05) is 0 Å². The lowest BCUT2D eigenvalue weighted by molar-refractivity contribution is 0.185. The summed E-state index contributed by atoms with van der Waals surface area (Å²) >= 11 is 0. The molecule has 1 unspecified atom stereocenters. The van der Waals surface area contributed by atoms with Gasteiger partial charge in [-0.2, -0.15) is 0 Å². The van der Waals surface area contributed by atoms with E-state index >= 15 is 0 Å². The van der Waals surface area contributed by atoms with Gasteiger partial charge in [0.1, 0.15) is 0 Å².